The van der Waals surface area contributed by atoms with Gasteiger partial charge in [-0.05, 0) is 12.1 Å². The van der Waals surface area contributed by atoms with E-state index in [4.69, 9.17) is 23.2 Å². The molecule has 0 unspecified atom stereocenters. The molecule has 7 nitrogen and oxygen atoms in total. The highest BCUT2D eigenvalue weighted by Crippen LogP contribution is 2.47. The summed E-state index contributed by atoms with van der Waals surface area (Å²) < 4.78 is 79.3. The highest BCUT2D eigenvalue weighted by Gasteiger charge is 2.41. The van der Waals surface area contributed by atoms with E-state index in [1.165, 1.54) is 0 Å². The molecule has 0 radical (unpaired) electrons. The third-order valence-corrected chi connectivity index (χ3v) is 4.16. The van der Waals surface area contributed by atoms with Crippen LogP contribution in [-0.2, 0) is 12.4 Å². The van der Waals surface area contributed by atoms with E-state index < -0.39 is 66.1 Å². The summed E-state index contributed by atoms with van der Waals surface area (Å²) >= 11 is 11.0. The molecule has 1 N–H and O–H groups in total. The van der Waals surface area contributed by atoms with E-state index in [2.05, 4.69) is 0 Å². The van der Waals surface area contributed by atoms with Crippen molar-refractivity contribution in [1.29, 1.82) is 0 Å². The predicted molar refractivity (Wildman–Crippen MR) is 89.5 cm³/mol. The molecule has 0 aliphatic rings. The summed E-state index contributed by atoms with van der Waals surface area (Å²) in [6.07, 6.45) is -10.4. The summed E-state index contributed by atoms with van der Waals surface area (Å²) in [7, 11) is 0. The van der Waals surface area contributed by atoms with Gasteiger partial charge >= 0.3 is 12.4 Å². The molecule has 0 saturated carbocycles. The summed E-state index contributed by atoms with van der Waals surface area (Å²) in [5.74, 6) is 0. The maximum absolute atomic E-state index is 13.4. The van der Waals surface area contributed by atoms with Gasteiger partial charge in [-0.1, -0.05) is 23.2 Å². The highest BCUT2D eigenvalue weighted by atomic mass is 35.5. The van der Waals surface area contributed by atoms with Crippen molar-refractivity contribution >= 4 is 46.0 Å². The lowest BCUT2D eigenvalue weighted by atomic mass is 10.1. The van der Waals surface area contributed by atoms with E-state index in [0.717, 1.165) is 6.07 Å². The van der Waals surface area contributed by atoms with Crippen LogP contribution in [0.25, 0.3) is 0 Å². The molecule has 2 aromatic carbocycles. The summed E-state index contributed by atoms with van der Waals surface area (Å²) in [4.78, 5) is 19.3. The molecular formula is C14H5Cl2F6N3O4. The highest BCUT2D eigenvalue weighted by molar-refractivity contribution is 6.38. The van der Waals surface area contributed by atoms with E-state index in [-0.39, 0.29) is 12.1 Å². The number of hydrogen-bond donors (Lipinski definition) is 1. The fourth-order valence-electron chi connectivity index (χ4n) is 2.26. The predicted octanol–water partition coefficient (Wildman–Crippen LogP) is 6.59. The van der Waals surface area contributed by atoms with Gasteiger partial charge in [-0.25, -0.2) is 0 Å². The van der Waals surface area contributed by atoms with E-state index in [1.54, 1.807) is 0 Å². The first kappa shape index (κ1) is 22.5. The SMILES string of the molecule is O=[N+]([O-])c1cc([N+](=O)[O-])c(Nc2ccc(Cl)c(C(F)(F)F)c2Cl)c(C(F)(F)F)c1. The molecular weight excluding hydrogens is 459 g/mol. The Bertz CT molecular complexity index is 1010. The van der Waals surface area contributed by atoms with Crippen molar-refractivity contribution in [2.24, 2.45) is 0 Å². The fourth-order valence-corrected chi connectivity index (χ4v) is 2.89. The van der Waals surface area contributed by atoms with Crippen LogP contribution in [0.15, 0.2) is 24.3 Å². The largest absolute Gasteiger partial charge is 0.419 e. The zero-order valence-electron chi connectivity index (χ0n) is 13.4. The Morgan fingerprint density at radius 3 is 1.93 bits per heavy atom. The number of nitro benzene ring substituents is 2. The van der Waals surface area contributed by atoms with Gasteiger partial charge in [0.25, 0.3) is 11.4 Å². The normalized spacial score (nSPS) is 12.0. The topological polar surface area (TPSA) is 98.3 Å². The smallest absolute Gasteiger partial charge is 0.348 e. The molecule has 0 amide bonds. The minimum Gasteiger partial charge on any atom is -0.348 e. The van der Waals surface area contributed by atoms with Crippen molar-refractivity contribution < 1.29 is 36.2 Å². The second-order valence-electron chi connectivity index (χ2n) is 5.31. The molecule has 0 aromatic heterocycles. The number of nitro groups is 2. The molecule has 0 spiro atoms. The Kier molecular flexibility index (Phi) is 5.86. The molecule has 0 atom stereocenters. The Morgan fingerprint density at radius 1 is 0.897 bits per heavy atom. The average molecular weight is 464 g/mol. The standard InChI is InChI=1S/C14H5Cl2F6N3O4/c15-7-1-2-8(11(16)10(7)14(20,21)22)23-12-6(13(17,18)19)3-5(24(26)27)4-9(12)25(28)29/h1-4,23H. The van der Waals surface area contributed by atoms with Gasteiger partial charge in [0.05, 0.1) is 42.8 Å². The van der Waals surface area contributed by atoms with Gasteiger partial charge in [0, 0.05) is 6.07 Å². The van der Waals surface area contributed by atoms with Crippen LogP contribution in [0.2, 0.25) is 10.0 Å². The van der Waals surface area contributed by atoms with Crippen molar-refractivity contribution in [3.05, 3.63) is 65.7 Å². The summed E-state index contributed by atoms with van der Waals surface area (Å²) in [6, 6.07) is 1.67. The quantitative estimate of drug-likeness (QED) is 0.313. The van der Waals surface area contributed by atoms with Crippen LogP contribution >= 0.6 is 23.2 Å². The van der Waals surface area contributed by atoms with Crippen molar-refractivity contribution in [2.75, 3.05) is 5.32 Å². The first-order valence-electron chi connectivity index (χ1n) is 7.00. The number of non-ortho nitro benzene ring substituents is 1. The average Bonchev–Trinajstić information content (AvgIpc) is 2.54. The second-order valence-corrected chi connectivity index (χ2v) is 6.09. The third kappa shape index (κ3) is 4.62. The lowest BCUT2D eigenvalue weighted by Gasteiger charge is -2.18. The zero-order chi connectivity index (χ0) is 22.3. The molecule has 0 heterocycles. The van der Waals surface area contributed by atoms with Gasteiger partial charge in [0.2, 0.25) is 0 Å². The Labute approximate surface area is 166 Å². The Balaban J connectivity index is 2.79. The van der Waals surface area contributed by atoms with E-state index in [0.29, 0.717) is 6.07 Å². The number of anilines is 2. The fraction of sp³-hybridized carbons (Fsp3) is 0.143. The maximum atomic E-state index is 13.4. The van der Waals surface area contributed by atoms with Gasteiger partial charge in [-0.15, -0.1) is 0 Å². The molecule has 0 aliphatic carbocycles. The first-order chi connectivity index (χ1) is 13.1. The van der Waals surface area contributed by atoms with E-state index in [9.17, 15) is 46.6 Å². The zero-order valence-corrected chi connectivity index (χ0v) is 14.9. The van der Waals surface area contributed by atoms with Gasteiger partial charge in [0.15, 0.2) is 0 Å². The molecule has 2 rings (SSSR count). The molecule has 0 saturated heterocycles. The summed E-state index contributed by atoms with van der Waals surface area (Å²) in [5.41, 5.74) is -8.18. The van der Waals surface area contributed by atoms with Crippen molar-refractivity contribution in [3.63, 3.8) is 0 Å². The van der Waals surface area contributed by atoms with Crippen LogP contribution in [-0.4, -0.2) is 9.85 Å². The number of hydrogen-bond acceptors (Lipinski definition) is 5. The number of benzene rings is 2. The van der Waals surface area contributed by atoms with Crippen LogP contribution in [0.1, 0.15) is 11.1 Å². The first-order valence-corrected chi connectivity index (χ1v) is 7.76. The van der Waals surface area contributed by atoms with Crippen LogP contribution in [0.3, 0.4) is 0 Å². The number of nitrogens with one attached hydrogen (secondary N) is 1. The van der Waals surface area contributed by atoms with Crippen LogP contribution in [0.5, 0.6) is 0 Å². The number of nitrogens with zero attached hydrogens (tertiary/aromatic N) is 2. The van der Waals surface area contributed by atoms with Crippen LogP contribution < -0.4 is 5.32 Å². The maximum Gasteiger partial charge on any atom is 0.419 e. The minimum atomic E-state index is -5.33. The lowest BCUT2D eigenvalue weighted by Crippen LogP contribution is -2.13. The monoisotopic (exact) mass is 463 g/mol. The van der Waals surface area contributed by atoms with Crippen LogP contribution in [0.4, 0.5) is 49.1 Å². The number of alkyl halides is 6. The van der Waals surface area contributed by atoms with Crippen LogP contribution in [0, 0.1) is 20.2 Å². The van der Waals surface area contributed by atoms with Crippen molar-refractivity contribution in [2.45, 2.75) is 12.4 Å². The molecule has 15 heteroatoms. The summed E-state index contributed by atoms with van der Waals surface area (Å²) in [6.45, 7) is 0. The Morgan fingerprint density at radius 2 is 1.48 bits per heavy atom. The molecule has 0 bridgehead atoms. The summed E-state index contributed by atoms with van der Waals surface area (Å²) in [5, 5.41) is 21.8. The van der Waals surface area contributed by atoms with Crippen molar-refractivity contribution in [1.82, 2.24) is 0 Å². The molecule has 156 valence electrons. The Hall–Kier alpha value is -2.80. The van der Waals surface area contributed by atoms with E-state index in [1.807, 2.05) is 5.32 Å². The van der Waals surface area contributed by atoms with Gasteiger partial charge in [0.1, 0.15) is 5.69 Å². The van der Waals surface area contributed by atoms with Gasteiger partial charge in [-0.2, -0.15) is 26.3 Å². The van der Waals surface area contributed by atoms with Gasteiger partial charge < -0.3 is 5.32 Å². The number of halogens is 8. The minimum absolute atomic E-state index is 0.00380. The molecule has 0 aliphatic heterocycles. The molecule has 29 heavy (non-hydrogen) atoms. The molecule has 2 aromatic rings. The van der Waals surface area contributed by atoms with E-state index >= 15 is 0 Å². The lowest BCUT2D eigenvalue weighted by molar-refractivity contribution is -0.394. The van der Waals surface area contributed by atoms with Gasteiger partial charge in [-0.3, -0.25) is 20.2 Å². The molecule has 0 fully saturated rings. The number of rotatable bonds is 4. The second kappa shape index (κ2) is 7.55. The van der Waals surface area contributed by atoms with Crippen molar-refractivity contribution in [3.8, 4) is 0 Å². The third-order valence-electron chi connectivity index (χ3n) is 3.45.